The second-order valence-electron chi connectivity index (χ2n) is 4.50. The minimum Gasteiger partial charge on any atom is -0.477 e. The molecule has 0 saturated heterocycles. The molecule has 0 aliphatic carbocycles. The number of nitrogens with zero attached hydrogens (tertiary/aromatic N) is 1. The number of benzene rings is 1. The molecule has 5 nitrogen and oxygen atoms in total. The number of hydrogen-bond donors (Lipinski definition) is 2. The molecule has 0 radical (unpaired) electrons. The topological polar surface area (TPSA) is 79.5 Å². The van der Waals surface area contributed by atoms with E-state index in [9.17, 15) is 19.1 Å². The van der Waals surface area contributed by atoms with Crippen LogP contribution in [0.5, 0.6) is 0 Å². The molecule has 1 aromatic heterocycles. The Morgan fingerprint density at radius 2 is 2.10 bits per heavy atom. The van der Waals surface area contributed by atoms with Crippen molar-refractivity contribution in [1.82, 2.24) is 4.57 Å². The first kappa shape index (κ1) is 14.2. The molecule has 0 spiro atoms. The van der Waals surface area contributed by atoms with E-state index < -0.39 is 29.5 Å². The molecule has 1 heterocycles. The Hall–Kier alpha value is -2.21. The summed E-state index contributed by atoms with van der Waals surface area (Å²) < 4.78 is 15.0. The number of carboxylic acids is 1. The highest BCUT2D eigenvalue weighted by molar-refractivity contribution is 5.92. The number of carbonyl (C=O) groups is 1. The zero-order valence-electron chi connectivity index (χ0n) is 10.9. The van der Waals surface area contributed by atoms with Crippen molar-refractivity contribution in [3.8, 4) is 0 Å². The summed E-state index contributed by atoms with van der Waals surface area (Å²) in [6.07, 6.45) is 2.18. The summed E-state index contributed by atoms with van der Waals surface area (Å²) in [6.45, 7) is 1.34. The number of pyridine rings is 1. The summed E-state index contributed by atoms with van der Waals surface area (Å²) in [6, 6.07) is 2.53. The van der Waals surface area contributed by atoms with E-state index in [2.05, 4.69) is 0 Å². The first-order valence-corrected chi connectivity index (χ1v) is 6.19. The molecule has 20 heavy (non-hydrogen) atoms. The molecule has 0 amide bonds. The van der Waals surface area contributed by atoms with E-state index in [1.807, 2.05) is 6.92 Å². The van der Waals surface area contributed by atoms with Crippen LogP contribution in [0.2, 0.25) is 0 Å². The molecule has 0 bridgehead atoms. The monoisotopic (exact) mass is 279 g/mol. The van der Waals surface area contributed by atoms with E-state index in [1.54, 1.807) is 0 Å². The van der Waals surface area contributed by atoms with Crippen LogP contribution in [-0.2, 0) is 13.2 Å². The van der Waals surface area contributed by atoms with Crippen LogP contribution >= 0.6 is 0 Å². The second-order valence-corrected chi connectivity index (χ2v) is 4.50. The van der Waals surface area contributed by atoms with Gasteiger partial charge in [-0.15, -0.1) is 0 Å². The third kappa shape index (κ3) is 2.30. The molecule has 0 saturated carbocycles. The van der Waals surface area contributed by atoms with Crippen molar-refractivity contribution in [1.29, 1.82) is 0 Å². The van der Waals surface area contributed by atoms with Gasteiger partial charge in [-0.25, -0.2) is 9.18 Å². The summed E-state index contributed by atoms with van der Waals surface area (Å²) in [4.78, 5) is 23.1. The second kappa shape index (κ2) is 5.42. The first-order valence-electron chi connectivity index (χ1n) is 6.19. The number of halogens is 1. The molecule has 1 aromatic carbocycles. The molecule has 2 aromatic rings. The van der Waals surface area contributed by atoms with Crippen LogP contribution in [0.25, 0.3) is 10.9 Å². The highest BCUT2D eigenvalue weighted by Crippen LogP contribution is 2.19. The fraction of sp³-hybridized carbons (Fsp3) is 0.286. The SMILES string of the molecule is CCCc1cc2c(=O)c(C(=O)O)cn(CO)c2cc1F. The maximum atomic E-state index is 13.9. The molecule has 0 unspecified atom stereocenters. The lowest BCUT2D eigenvalue weighted by Gasteiger charge is -2.11. The van der Waals surface area contributed by atoms with Gasteiger partial charge in [0.1, 0.15) is 18.1 Å². The van der Waals surface area contributed by atoms with E-state index in [0.717, 1.165) is 16.8 Å². The number of aromatic carboxylic acids is 1. The van der Waals surface area contributed by atoms with Crippen molar-refractivity contribution in [2.45, 2.75) is 26.5 Å². The van der Waals surface area contributed by atoms with Gasteiger partial charge in [0, 0.05) is 11.6 Å². The van der Waals surface area contributed by atoms with Gasteiger partial charge in [-0.3, -0.25) is 4.79 Å². The lowest BCUT2D eigenvalue weighted by atomic mass is 10.0. The minimum absolute atomic E-state index is 0.101. The number of aryl methyl sites for hydroxylation is 1. The standard InChI is InChI=1S/C14H14FNO4/c1-2-3-8-4-9-12(5-11(8)15)16(7-17)6-10(13(9)18)14(19)20/h4-6,17H,2-3,7H2,1H3,(H,19,20). The van der Waals surface area contributed by atoms with Crippen LogP contribution in [0.15, 0.2) is 23.1 Å². The third-order valence-corrected chi connectivity index (χ3v) is 3.15. The number of fused-ring (bicyclic) bond motifs is 1. The normalized spacial score (nSPS) is 10.9. The highest BCUT2D eigenvalue weighted by atomic mass is 19.1. The molecule has 106 valence electrons. The van der Waals surface area contributed by atoms with Crippen molar-refractivity contribution in [3.05, 3.63) is 45.5 Å². The van der Waals surface area contributed by atoms with Gasteiger partial charge in [-0.05, 0) is 24.1 Å². The molecule has 6 heteroatoms. The summed E-state index contributed by atoms with van der Waals surface area (Å²) in [5.41, 5.74) is -0.570. The Bertz CT molecular complexity index is 736. The summed E-state index contributed by atoms with van der Waals surface area (Å²) in [7, 11) is 0. The Morgan fingerprint density at radius 1 is 1.40 bits per heavy atom. The predicted molar refractivity (Wildman–Crippen MR) is 71.3 cm³/mol. The Balaban J connectivity index is 2.87. The van der Waals surface area contributed by atoms with Gasteiger partial charge in [0.2, 0.25) is 5.43 Å². The number of rotatable bonds is 4. The van der Waals surface area contributed by atoms with E-state index in [1.165, 1.54) is 6.07 Å². The number of aliphatic hydroxyl groups excluding tert-OH is 1. The van der Waals surface area contributed by atoms with Gasteiger partial charge >= 0.3 is 5.97 Å². The van der Waals surface area contributed by atoms with Gasteiger partial charge < -0.3 is 14.8 Å². The van der Waals surface area contributed by atoms with E-state index in [0.29, 0.717) is 18.4 Å². The van der Waals surface area contributed by atoms with Crippen LogP contribution in [0.3, 0.4) is 0 Å². The van der Waals surface area contributed by atoms with Crippen molar-refractivity contribution >= 4 is 16.9 Å². The Morgan fingerprint density at radius 3 is 2.65 bits per heavy atom. The summed E-state index contributed by atoms with van der Waals surface area (Å²) >= 11 is 0. The van der Waals surface area contributed by atoms with Crippen LogP contribution < -0.4 is 5.43 Å². The van der Waals surface area contributed by atoms with Crippen LogP contribution in [0, 0.1) is 5.82 Å². The van der Waals surface area contributed by atoms with Crippen molar-refractivity contribution < 1.29 is 19.4 Å². The molecule has 2 rings (SSSR count). The van der Waals surface area contributed by atoms with Crippen molar-refractivity contribution in [2.75, 3.05) is 0 Å². The fourth-order valence-electron chi connectivity index (χ4n) is 2.19. The van der Waals surface area contributed by atoms with Crippen molar-refractivity contribution in [3.63, 3.8) is 0 Å². The average molecular weight is 279 g/mol. The first-order chi connectivity index (χ1) is 9.49. The summed E-state index contributed by atoms with van der Waals surface area (Å²) in [5.74, 6) is -1.84. The Labute approximate surface area is 113 Å². The average Bonchev–Trinajstić information content (AvgIpc) is 2.41. The van der Waals surface area contributed by atoms with Gasteiger partial charge in [0.25, 0.3) is 0 Å². The van der Waals surface area contributed by atoms with Gasteiger partial charge in [0.15, 0.2) is 0 Å². The number of hydrogen-bond acceptors (Lipinski definition) is 3. The maximum Gasteiger partial charge on any atom is 0.341 e. The zero-order valence-corrected chi connectivity index (χ0v) is 10.9. The lowest BCUT2D eigenvalue weighted by Crippen LogP contribution is -2.19. The highest BCUT2D eigenvalue weighted by Gasteiger charge is 2.16. The summed E-state index contributed by atoms with van der Waals surface area (Å²) in [5, 5.41) is 18.3. The molecule has 0 aliphatic heterocycles. The van der Waals surface area contributed by atoms with E-state index in [4.69, 9.17) is 5.11 Å². The van der Waals surface area contributed by atoms with Gasteiger partial charge in [-0.2, -0.15) is 0 Å². The maximum absolute atomic E-state index is 13.9. The van der Waals surface area contributed by atoms with E-state index in [-0.39, 0.29) is 10.9 Å². The minimum atomic E-state index is -1.37. The largest absolute Gasteiger partial charge is 0.477 e. The smallest absolute Gasteiger partial charge is 0.341 e. The number of aromatic nitrogens is 1. The third-order valence-electron chi connectivity index (χ3n) is 3.15. The lowest BCUT2D eigenvalue weighted by molar-refractivity contribution is 0.0694. The fourth-order valence-corrected chi connectivity index (χ4v) is 2.19. The Kier molecular flexibility index (Phi) is 3.85. The number of carboxylic acid groups (broad SMARTS) is 1. The van der Waals surface area contributed by atoms with Gasteiger partial charge in [0.05, 0.1) is 5.52 Å². The quantitative estimate of drug-likeness (QED) is 0.893. The molecular formula is C14H14FNO4. The predicted octanol–water partition coefficient (Wildman–Crippen LogP) is 1.74. The molecule has 2 N–H and O–H groups in total. The van der Waals surface area contributed by atoms with Crippen molar-refractivity contribution in [2.24, 2.45) is 0 Å². The van der Waals surface area contributed by atoms with Gasteiger partial charge in [-0.1, -0.05) is 13.3 Å². The van der Waals surface area contributed by atoms with Crippen LogP contribution in [0.1, 0.15) is 29.3 Å². The zero-order chi connectivity index (χ0) is 14.9. The molecule has 0 fully saturated rings. The molecule has 0 atom stereocenters. The molecular weight excluding hydrogens is 265 g/mol. The van der Waals surface area contributed by atoms with Crippen LogP contribution in [0.4, 0.5) is 4.39 Å². The van der Waals surface area contributed by atoms with E-state index >= 15 is 0 Å². The number of aliphatic hydroxyl groups is 1. The van der Waals surface area contributed by atoms with Crippen LogP contribution in [-0.4, -0.2) is 20.7 Å². The molecule has 0 aliphatic rings.